The van der Waals surface area contributed by atoms with Gasteiger partial charge in [0.25, 0.3) is 0 Å². The molecule has 1 atom stereocenters. The number of allylic oxidation sites excluding steroid dienone is 4. The molecule has 2 aromatic rings. The first kappa shape index (κ1) is 23.7. The molecule has 0 radical (unpaired) electrons. The molecule has 2 N–H and O–H groups in total. The monoisotopic (exact) mass is 488 g/mol. The zero-order chi connectivity index (χ0) is 25.4. The first-order chi connectivity index (χ1) is 17.1. The van der Waals surface area contributed by atoms with Gasteiger partial charge in [0.1, 0.15) is 11.3 Å². The van der Waals surface area contributed by atoms with E-state index in [-0.39, 0.29) is 29.4 Å². The minimum Gasteiger partial charge on any atom is -0.382 e. The van der Waals surface area contributed by atoms with Gasteiger partial charge < -0.3 is 15.2 Å². The van der Waals surface area contributed by atoms with E-state index in [9.17, 15) is 4.79 Å². The number of likely N-dealkylation sites (tertiary alicyclic amines) is 2. The molecule has 192 valence electrons. The van der Waals surface area contributed by atoms with Crippen LogP contribution in [-0.2, 0) is 4.79 Å². The molecule has 1 amide bonds. The average molecular weight is 489 g/mol. The van der Waals surface area contributed by atoms with Crippen LogP contribution < -0.4 is 5.73 Å². The number of carbonyl (C=O) groups excluding carboxylic acids is 1. The van der Waals surface area contributed by atoms with Crippen molar-refractivity contribution < 1.29 is 4.79 Å². The first-order valence-corrected chi connectivity index (χ1v) is 13.7. The zero-order valence-electron chi connectivity index (χ0n) is 22.4. The maximum absolute atomic E-state index is 13.8. The molecule has 2 saturated heterocycles. The van der Waals surface area contributed by atoms with E-state index in [4.69, 9.17) is 10.7 Å². The van der Waals surface area contributed by atoms with Crippen LogP contribution in [0.25, 0.3) is 16.6 Å². The summed E-state index contributed by atoms with van der Waals surface area (Å²) in [5.74, 6) is 0.987. The summed E-state index contributed by atoms with van der Waals surface area (Å²) in [6.45, 7) is 13.3. The van der Waals surface area contributed by atoms with Crippen LogP contribution in [0.3, 0.4) is 0 Å². The second kappa shape index (κ2) is 8.17. The van der Waals surface area contributed by atoms with Gasteiger partial charge >= 0.3 is 0 Å². The summed E-state index contributed by atoms with van der Waals surface area (Å²) in [7, 11) is 0. The summed E-state index contributed by atoms with van der Waals surface area (Å²) in [5, 5.41) is 0. The van der Waals surface area contributed by atoms with Gasteiger partial charge in [0.2, 0.25) is 5.91 Å². The molecule has 0 bridgehead atoms. The molecule has 6 rings (SSSR count). The maximum Gasteiger partial charge on any atom is 0.233 e. The molecule has 7 heteroatoms. The molecule has 1 unspecified atom stereocenters. The number of amides is 1. The van der Waals surface area contributed by atoms with Crippen LogP contribution in [-0.4, -0.2) is 54.9 Å². The lowest BCUT2D eigenvalue weighted by molar-refractivity contribution is -0.141. The van der Waals surface area contributed by atoms with Crippen LogP contribution in [0.5, 0.6) is 0 Å². The van der Waals surface area contributed by atoms with Gasteiger partial charge in [0, 0.05) is 29.2 Å². The van der Waals surface area contributed by atoms with Gasteiger partial charge in [-0.3, -0.25) is 9.69 Å². The summed E-state index contributed by atoms with van der Waals surface area (Å²) >= 11 is 0. The molecule has 2 aliphatic heterocycles. The minimum atomic E-state index is -0.391. The van der Waals surface area contributed by atoms with E-state index in [1.807, 2.05) is 12.4 Å². The Kier molecular flexibility index (Phi) is 5.38. The fraction of sp³-hybridized carbons (Fsp3) is 0.621. The van der Waals surface area contributed by atoms with E-state index < -0.39 is 5.41 Å². The molecule has 36 heavy (non-hydrogen) atoms. The number of hydrogen-bond acceptors (Lipinski definition) is 5. The highest BCUT2D eigenvalue weighted by molar-refractivity contribution is 5.92. The van der Waals surface area contributed by atoms with Crippen LogP contribution in [0.4, 0.5) is 5.82 Å². The Morgan fingerprint density at radius 1 is 1.11 bits per heavy atom. The summed E-state index contributed by atoms with van der Waals surface area (Å²) in [6, 6.07) is 2.58. The number of pyridine rings is 1. The average Bonchev–Trinajstić information content (AvgIpc) is 3.35. The summed E-state index contributed by atoms with van der Waals surface area (Å²) in [4.78, 5) is 28.0. The number of nitrogen functional groups attached to an aromatic ring is 1. The second-order valence-corrected chi connectivity index (χ2v) is 12.5. The highest BCUT2D eigenvalue weighted by atomic mass is 16.2. The lowest BCUT2D eigenvalue weighted by Crippen LogP contribution is -2.63. The van der Waals surface area contributed by atoms with Gasteiger partial charge in [-0.25, -0.2) is 9.97 Å². The largest absolute Gasteiger partial charge is 0.382 e. The Morgan fingerprint density at radius 2 is 1.83 bits per heavy atom. The number of imidazole rings is 1. The Bertz CT molecular complexity index is 1270. The molecule has 1 saturated carbocycles. The number of carbonyl (C=O) groups is 1. The van der Waals surface area contributed by atoms with Crippen LogP contribution in [0.2, 0.25) is 0 Å². The molecule has 3 fully saturated rings. The van der Waals surface area contributed by atoms with Gasteiger partial charge in [0.05, 0.1) is 23.0 Å². The Labute approximate surface area is 214 Å². The van der Waals surface area contributed by atoms with Gasteiger partial charge in [0.15, 0.2) is 0 Å². The fourth-order valence-electron chi connectivity index (χ4n) is 7.18. The molecule has 0 spiro atoms. The van der Waals surface area contributed by atoms with Crippen molar-refractivity contribution >= 4 is 28.3 Å². The first-order valence-electron chi connectivity index (χ1n) is 13.7. The lowest BCUT2D eigenvalue weighted by Gasteiger charge is -2.56. The zero-order valence-corrected chi connectivity index (χ0v) is 22.4. The van der Waals surface area contributed by atoms with Crippen molar-refractivity contribution in [2.45, 2.75) is 90.8 Å². The number of nitrogens with zero attached hydrogens (tertiary/aromatic N) is 5. The molecule has 0 aromatic carbocycles. The van der Waals surface area contributed by atoms with Crippen LogP contribution in [0.1, 0.15) is 84.9 Å². The van der Waals surface area contributed by atoms with E-state index in [1.165, 1.54) is 38.0 Å². The minimum absolute atomic E-state index is 0.205. The number of hydrogen-bond donors (Lipinski definition) is 1. The van der Waals surface area contributed by atoms with Crippen LogP contribution in [0, 0.1) is 11.3 Å². The molecule has 4 aliphatic rings. The molecular weight excluding hydrogens is 448 g/mol. The summed E-state index contributed by atoms with van der Waals surface area (Å²) in [6.07, 6.45) is 13.2. The normalized spacial score (nSPS) is 30.4. The standard InChI is InChI=1S/C29H40N6O/c1-18(2)34-17-31-23-14-22(32-26(30)25(23)34)19-9-10-21-24(13-19)35(27(36)28(21,3)4)20-15-29(5,16-20)33-11-7-6-8-12-33/h9,13-14,17-18,20-21H,6-8,10-12,15-16H2,1-5H3,(H2,30,32). The van der Waals surface area contributed by atoms with E-state index in [1.54, 1.807) is 0 Å². The Morgan fingerprint density at radius 3 is 2.53 bits per heavy atom. The van der Waals surface area contributed by atoms with Crippen molar-refractivity contribution in [2.24, 2.45) is 11.3 Å². The third-order valence-electron chi connectivity index (χ3n) is 9.42. The van der Waals surface area contributed by atoms with Gasteiger partial charge in [-0.15, -0.1) is 0 Å². The molecular formula is C29H40N6O. The SMILES string of the molecule is CC(C)n1cnc2cc(C3=CCC4C(=C3)N(C3CC(C)(N5CCCCC5)C3)C(=O)C4(C)C)nc(N)c21. The van der Waals surface area contributed by atoms with Crippen LogP contribution in [0.15, 0.2) is 30.2 Å². The number of piperidine rings is 1. The van der Waals surface area contributed by atoms with Crippen molar-refractivity contribution in [1.82, 2.24) is 24.3 Å². The third-order valence-corrected chi connectivity index (χ3v) is 9.42. The van der Waals surface area contributed by atoms with Crippen molar-refractivity contribution in [3.8, 4) is 0 Å². The topological polar surface area (TPSA) is 80.3 Å². The Hall–Kier alpha value is -2.67. The third kappa shape index (κ3) is 3.46. The summed E-state index contributed by atoms with van der Waals surface area (Å²) in [5.41, 5.74) is 11.1. The van der Waals surface area contributed by atoms with E-state index in [0.29, 0.717) is 5.82 Å². The molecule has 2 aliphatic carbocycles. The highest BCUT2D eigenvalue weighted by Gasteiger charge is 2.57. The number of aromatic nitrogens is 3. The van der Waals surface area contributed by atoms with Crippen molar-refractivity contribution in [1.29, 1.82) is 0 Å². The lowest BCUT2D eigenvalue weighted by atomic mass is 9.71. The number of rotatable bonds is 4. The van der Waals surface area contributed by atoms with Crippen LogP contribution >= 0.6 is 0 Å². The number of anilines is 1. The molecule has 7 nitrogen and oxygen atoms in total. The Balaban J connectivity index is 1.31. The fourth-order valence-corrected chi connectivity index (χ4v) is 7.18. The summed E-state index contributed by atoms with van der Waals surface area (Å²) < 4.78 is 2.07. The van der Waals surface area contributed by atoms with Gasteiger partial charge in [-0.1, -0.05) is 26.3 Å². The van der Waals surface area contributed by atoms with E-state index in [0.717, 1.165) is 41.6 Å². The van der Waals surface area contributed by atoms with Crippen molar-refractivity contribution in [3.63, 3.8) is 0 Å². The predicted molar refractivity (Wildman–Crippen MR) is 144 cm³/mol. The highest BCUT2D eigenvalue weighted by Crippen LogP contribution is 2.53. The smallest absolute Gasteiger partial charge is 0.233 e. The van der Waals surface area contributed by atoms with Crippen molar-refractivity contribution in [3.05, 3.63) is 35.9 Å². The number of nitrogens with two attached hydrogens (primary N) is 1. The van der Waals surface area contributed by atoms with Crippen molar-refractivity contribution in [2.75, 3.05) is 18.8 Å². The predicted octanol–water partition coefficient (Wildman–Crippen LogP) is 5.16. The van der Waals surface area contributed by atoms with Gasteiger partial charge in [-0.05, 0) is 83.7 Å². The second-order valence-electron chi connectivity index (χ2n) is 12.5. The maximum atomic E-state index is 13.8. The molecule has 4 heterocycles. The molecule has 2 aromatic heterocycles. The van der Waals surface area contributed by atoms with E-state index in [2.05, 4.69) is 66.1 Å². The number of fused-ring (bicyclic) bond motifs is 2. The quantitative estimate of drug-likeness (QED) is 0.643. The van der Waals surface area contributed by atoms with E-state index >= 15 is 0 Å². The van der Waals surface area contributed by atoms with Gasteiger partial charge in [-0.2, -0.15) is 0 Å².